The molecule has 3 rings (SSSR count). The standard InChI is InChI=1S/C19H27N3OS/c1-3-14(4-2)20-18(23)13-22-12-8-7-10-16(22)19-21-15-9-5-6-11-17(15)24-19/h5-6,9,11,14,16H,3-4,7-8,10,12-13H2,1-2H3,(H,20,23)/t16-/m1/s1. The van der Waals surface area contributed by atoms with Crippen LogP contribution >= 0.6 is 11.3 Å². The van der Waals surface area contributed by atoms with Gasteiger partial charge in [-0.05, 0) is 44.4 Å². The highest BCUT2D eigenvalue weighted by molar-refractivity contribution is 7.18. The van der Waals surface area contributed by atoms with Crippen LogP contribution in [0.5, 0.6) is 0 Å². The Kier molecular flexibility index (Phi) is 5.85. The lowest BCUT2D eigenvalue weighted by Gasteiger charge is -2.34. The van der Waals surface area contributed by atoms with Crippen LogP contribution in [-0.2, 0) is 4.79 Å². The second-order valence-corrected chi connectivity index (χ2v) is 7.65. The fourth-order valence-electron chi connectivity index (χ4n) is 3.44. The largest absolute Gasteiger partial charge is 0.352 e. The van der Waals surface area contributed by atoms with Gasteiger partial charge in [-0.2, -0.15) is 0 Å². The molecule has 1 N–H and O–H groups in total. The number of amides is 1. The molecule has 0 radical (unpaired) electrons. The van der Waals surface area contributed by atoms with Crippen molar-refractivity contribution in [3.63, 3.8) is 0 Å². The van der Waals surface area contributed by atoms with E-state index >= 15 is 0 Å². The van der Waals surface area contributed by atoms with Crippen LogP contribution in [0.2, 0.25) is 0 Å². The van der Waals surface area contributed by atoms with Gasteiger partial charge in [0.1, 0.15) is 5.01 Å². The third-order valence-corrected chi connectivity index (χ3v) is 6.04. The monoisotopic (exact) mass is 345 g/mol. The van der Waals surface area contributed by atoms with Gasteiger partial charge in [-0.1, -0.05) is 32.4 Å². The summed E-state index contributed by atoms with van der Waals surface area (Å²) in [6.07, 6.45) is 5.45. The molecule has 1 aliphatic heterocycles. The van der Waals surface area contributed by atoms with Gasteiger partial charge in [0, 0.05) is 6.04 Å². The van der Waals surface area contributed by atoms with Crippen molar-refractivity contribution >= 4 is 27.5 Å². The number of likely N-dealkylation sites (tertiary alicyclic amines) is 1. The molecule has 1 aromatic carbocycles. The number of aromatic nitrogens is 1. The molecule has 2 aromatic rings. The summed E-state index contributed by atoms with van der Waals surface area (Å²) in [5.74, 6) is 0.150. The van der Waals surface area contributed by atoms with Gasteiger partial charge in [0.25, 0.3) is 0 Å². The van der Waals surface area contributed by atoms with Crippen molar-refractivity contribution in [2.24, 2.45) is 0 Å². The number of hydrogen-bond acceptors (Lipinski definition) is 4. The Morgan fingerprint density at radius 1 is 1.33 bits per heavy atom. The maximum atomic E-state index is 12.4. The Bertz CT molecular complexity index is 647. The first kappa shape index (κ1) is 17.4. The number of thiazole rings is 1. The summed E-state index contributed by atoms with van der Waals surface area (Å²) in [6, 6.07) is 8.87. The van der Waals surface area contributed by atoms with E-state index in [0.29, 0.717) is 12.6 Å². The van der Waals surface area contributed by atoms with E-state index in [1.54, 1.807) is 11.3 Å². The molecule has 1 fully saturated rings. The summed E-state index contributed by atoms with van der Waals surface area (Å²) < 4.78 is 1.24. The van der Waals surface area contributed by atoms with Crippen molar-refractivity contribution in [3.05, 3.63) is 29.3 Å². The van der Waals surface area contributed by atoms with E-state index in [1.165, 1.54) is 17.5 Å². The molecule has 1 aliphatic rings. The third-order valence-electron chi connectivity index (χ3n) is 4.91. The highest BCUT2D eigenvalue weighted by Crippen LogP contribution is 2.35. The Hall–Kier alpha value is -1.46. The summed E-state index contributed by atoms with van der Waals surface area (Å²) >= 11 is 1.77. The smallest absolute Gasteiger partial charge is 0.234 e. The first-order chi connectivity index (χ1) is 11.7. The van der Waals surface area contributed by atoms with Gasteiger partial charge in [-0.25, -0.2) is 4.98 Å². The number of nitrogens with one attached hydrogen (secondary N) is 1. The van der Waals surface area contributed by atoms with E-state index in [9.17, 15) is 4.79 Å². The lowest BCUT2D eigenvalue weighted by Crippen LogP contribution is -2.44. The number of benzene rings is 1. The minimum absolute atomic E-state index is 0.150. The normalized spacial score (nSPS) is 19.0. The number of carbonyl (C=O) groups is 1. The molecule has 1 aromatic heterocycles. The minimum Gasteiger partial charge on any atom is -0.352 e. The van der Waals surface area contributed by atoms with E-state index < -0.39 is 0 Å². The molecule has 1 atom stereocenters. The van der Waals surface area contributed by atoms with Crippen LogP contribution in [0.1, 0.15) is 57.0 Å². The van der Waals surface area contributed by atoms with Crippen molar-refractivity contribution in [1.29, 1.82) is 0 Å². The Balaban J connectivity index is 1.72. The zero-order chi connectivity index (χ0) is 16.9. The van der Waals surface area contributed by atoms with Crippen molar-refractivity contribution in [3.8, 4) is 0 Å². The van der Waals surface area contributed by atoms with Gasteiger partial charge in [0.15, 0.2) is 0 Å². The van der Waals surface area contributed by atoms with E-state index in [0.717, 1.165) is 36.3 Å². The van der Waals surface area contributed by atoms with Crippen molar-refractivity contribution in [2.45, 2.75) is 58.0 Å². The summed E-state index contributed by atoms with van der Waals surface area (Å²) in [4.78, 5) is 19.6. The second-order valence-electron chi connectivity index (χ2n) is 6.58. The van der Waals surface area contributed by atoms with Crippen LogP contribution in [0.25, 0.3) is 10.2 Å². The van der Waals surface area contributed by atoms with E-state index in [-0.39, 0.29) is 11.9 Å². The molecule has 5 heteroatoms. The first-order valence-corrected chi connectivity index (χ1v) is 9.91. The Labute approximate surface area is 148 Å². The van der Waals surface area contributed by atoms with Gasteiger partial charge in [-0.15, -0.1) is 11.3 Å². The van der Waals surface area contributed by atoms with Crippen molar-refractivity contribution in [2.75, 3.05) is 13.1 Å². The quantitative estimate of drug-likeness (QED) is 0.856. The van der Waals surface area contributed by atoms with E-state index in [4.69, 9.17) is 4.98 Å². The van der Waals surface area contributed by atoms with Gasteiger partial charge < -0.3 is 5.32 Å². The second kappa shape index (κ2) is 8.08. The number of nitrogens with zero attached hydrogens (tertiary/aromatic N) is 2. The number of piperidine rings is 1. The summed E-state index contributed by atoms with van der Waals surface area (Å²) in [6.45, 7) is 5.71. The summed E-state index contributed by atoms with van der Waals surface area (Å²) in [7, 11) is 0. The maximum absolute atomic E-state index is 12.4. The molecule has 1 amide bonds. The van der Waals surface area contributed by atoms with Crippen molar-refractivity contribution < 1.29 is 4.79 Å². The van der Waals surface area contributed by atoms with E-state index in [2.05, 4.69) is 42.3 Å². The fraction of sp³-hybridized carbons (Fsp3) is 0.579. The van der Waals surface area contributed by atoms with E-state index in [1.807, 2.05) is 6.07 Å². The number of rotatable bonds is 6. The van der Waals surface area contributed by atoms with Gasteiger partial charge in [0.2, 0.25) is 5.91 Å². The number of para-hydroxylation sites is 1. The SMILES string of the molecule is CCC(CC)NC(=O)CN1CCCC[C@@H]1c1nc2ccccc2s1. The maximum Gasteiger partial charge on any atom is 0.234 e. The van der Waals surface area contributed by atoms with Gasteiger partial charge >= 0.3 is 0 Å². The Morgan fingerprint density at radius 3 is 2.88 bits per heavy atom. The molecular formula is C19H27N3OS. The van der Waals surface area contributed by atoms with Gasteiger partial charge in [-0.3, -0.25) is 9.69 Å². The summed E-state index contributed by atoms with van der Waals surface area (Å²) in [5.41, 5.74) is 1.07. The molecule has 0 spiro atoms. The topological polar surface area (TPSA) is 45.2 Å². The Morgan fingerprint density at radius 2 is 2.12 bits per heavy atom. The fourth-order valence-corrected chi connectivity index (χ4v) is 4.58. The van der Waals surface area contributed by atoms with Crippen molar-refractivity contribution in [1.82, 2.24) is 15.2 Å². The van der Waals surface area contributed by atoms with Crippen LogP contribution < -0.4 is 5.32 Å². The van der Waals surface area contributed by atoms with Crippen LogP contribution in [0.15, 0.2) is 24.3 Å². The molecule has 0 bridgehead atoms. The molecule has 24 heavy (non-hydrogen) atoms. The van der Waals surface area contributed by atoms with Gasteiger partial charge in [0.05, 0.1) is 22.8 Å². The molecule has 2 heterocycles. The highest BCUT2D eigenvalue weighted by Gasteiger charge is 2.28. The number of carbonyl (C=O) groups excluding carboxylic acids is 1. The first-order valence-electron chi connectivity index (χ1n) is 9.10. The highest BCUT2D eigenvalue weighted by atomic mass is 32.1. The van der Waals surface area contributed by atoms with Crippen LogP contribution in [0, 0.1) is 0 Å². The predicted octanol–water partition coefficient (Wildman–Crippen LogP) is 4.13. The average molecular weight is 346 g/mol. The summed E-state index contributed by atoms with van der Waals surface area (Å²) in [5, 5.41) is 4.32. The molecule has 0 aliphatic carbocycles. The molecule has 4 nitrogen and oxygen atoms in total. The number of fused-ring (bicyclic) bond motifs is 1. The average Bonchev–Trinajstić information content (AvgIpc) is 3.04. The molecule has 1 saturated heterocycles. The predicted molar refractivity (Wildman–Crippen MR) is 100 cm³/mol. The number of hydrogen-bond donors (Lipinski definition) is 1. The molecular weight excluding hydrogens is 318 g/mol. The molecule has 0 saturated carbocycles. The third kappa shape index (κ3) is 3.95. The van der Waals surface area contributed by atoms with Crippen LogP contribution in [-0.4, -0.2) is 34.9 Å². The zero-order valence-corrected chi connectivity index (χ0v) is 15.4. The zero-order valence-electron chi connectivity index (χ0n) is 14.6. The lowest BCUT2D eigenvalue weighted by molar-refractivity contribution is -0.124. The minimum atomic E-state index is 0.150. The molecule has 0 unspecified atom stereocenters. The van der Waals surface area contributed by atoms with Crippen LogP contribution in [0.3, 0.4) is 0 Å². The molecule has 130 valence electrons. The lowest BCUT2D eigenvalue weighted by atomic mass is 10.0. The van der Waals surface area contributed by atoms with Crippen LogP contribution in [0.4, 0.5) is 0 Å².